The molecule has 0 aliphatic rings. The molecule has 0 unspecified atom stereocenters. The van der Waals surface area contributed by atoms with Crippen LogP contribution in [0.25, 0.3) is 0 Å². The Morgan fingerprint density at radius 3 is 2.21 bits per heavy atom. The lowest BCUT2D eigenvalue weighted by atomic mass is 10.0. The first-order valence-electron chi connectivity index (χ1n) is 15.7. The number of amides is 2. The number of sulfonamides is 1. The summed E-state index contributed by atoms with van der Waals surface area (Å²) in [7, 11) is -1.37. The average Bonchev–Trinajstić information content (AvgIpc) is 3.09. The smallest absolute Gasteiger partial charge is 0.264 e. The van der Waals surface area contributed by atoms with Gasteiger partial charge in [-0.3, -0.25) is 13.9 Å². The fraction of sp³-hybridized carbons (Fsp3) is 0.297. The third-order valence-electron chi connectivity index (χ3n) is 8.06. The summed E-state index contributed by atoms with van der Waals surface area (Å²) in [4.78, 5) is 30.2. The van der Waals surface area contributed by atoms with Gasteiger partial charge in [0, 0.05) is 24.0 Å². The molecule has 0 fully saturated rings. The fourth-order valence-corrected chi connectivity index (χ4v) is 6.75. The fourth-order valence-electron chi connectivity index (χ4n) is 5.17. The third kappa shape index (κ3) is 9.08. The minimum atomic E-state index is -4.33. The Labute approximate surface area is 288 Å². The first kappa shape index (κ1) is 36.3. The number of hydrogen-bond acceptors (Lipinski definition) is 6. The Hall–Kier alpha value is -4.54. The molecule has 2 atom stereocenters. The lowest BCUT2D eigenvalue weighted by molar-refractivity contribution is -0.140. The van der Waals surface area contributed by atoms with Crippen molar-refractivity contribution in [2.75, 3.05) is 25.1 Å². The molecular formula is C37H42ClN3O6S. The van der Waals surface area contributed by atoms with Crippen LogP contribution in [0.1, 0.15) is 37.0 Å². The predicted octanol–water partition coefficient (Wildman–Crippen LogP) is 6.42. The Kier molecular flexibility index (Phi) is 12.5. The van der Waals surface area contributed by atoms with Gasteiger partial charge in [-0.2, -0.15) is 0 Å². The first-order chi connectivity index (χ1) is 23.0. The molecule has 254 valence electrons. The molecule has 2 amide bonds. The van der Waals surface area contributed by atoms with Crippen LogP contribution in [0, 0.1) is 6.92 Å². The first-order valence-corrected chi connectivity index (χ1v) is 17.5. The van der Waals surface area contributed by atoms with Crippen molar-refractivity contribution in [3.05, 3.63) is 119 Å². The van der Waals surface area contributed by atoms with Gasteiger partial charge >= 0.3 is 0 Å². The lowest BCUT2D eigenvalue weighted by Gasteiger charge is -2.34. The highest BCUT2D eigenvalue weighted by Crippen LogP contribution is 2.35. The van der Waals surface area contributed by atoms with Crippen LogP contribution in [-0.4, -0.2) is 58.0 Å². The van der Waals surface area contributed by atoms with E-state index in [-0.39, 0.29) is 46.3 Å². The van der Waals surface area contributed by atoms with Crippen molar-refractivity contribution in [1.82, 2.24) is 10.2 Å². The highest BCUT2D eigenvalue weighted by molar-refractivity contribution is 7.92. The summed E-state index contributed by atoms with van der Waals surface area (Å²) in [5.41, 5.74) is 2.50. The van der Waals surface area contributed by atoms with Crippen LogP contribution in [0.2, 0.25) is 5.02 Å². The number of carbonyl (C=O) groups excluding carboxylic acids is 2. The summed E-state index contributed by atoms with van der Waals surface area (Å²) in [5, 5.41) is 3.29. The lowest BCUT2D eigenvalue weighted by Crippen LogP contribution is -2.54. The zero-order chi connectivity index (χ0) is 34.8. The van der Waals surface area contributed by atoms with Crippen LogP contribution in [0.3, 0.4) is 0 Å². The number of aryl methyl sites for hydroxylation is 1. The van der Waals surface area contributed by atoms with E-state index in [9.17, 15) is 18.0 Å². The molecule has 11 heteroatoms. The molecular weight excluding hydrogens is 650 g/mol. The van der Waals surface area contributed by atoms with Gasteiger partial charge in [-0.25, -0.2) is 8.42 Å². The maximum atomic E-state index is 14.7. The van der Waals surface area contributed by atoms with Crippen molar-refractivity contribution in [3.8, 4) is 11.5 Å². The zero-order valence-electron chi connectivity index (χ0n) is 27.9. The monoisotopic (exact) mass is 691 g/mol. The van der Waals surface area contributed by atoms with Crippen molar-refractivity contribution in [2.45, 2.75) is 57.1 Å². The van der Waals surface area contributed by atoms with Gasteiger partial charge in [-0.1, -0.05) is 78.7 Å². The van der Waals surface area contributed by atoms with Gasteiger partial charge in [-0.15, -0.1) is 0 Å². The largest absolute Gasteiger partial charge is 0.497 e. The van der Waals surface area contributed by atoms with Crippen LogP contribution in [0.5, 0.6) is 11.5 Å². The second kappa shape index (κ2) is 16.5. The molecule has 4 rings (SSSR count). The third-order valence-corrected chi connectivity index (χ3v) is 10.1. The molecule has 48 heavy (non-hydrogen) atoms. The number of ether oxygens (including phenoxy) is 2. The number of hydrogen-bond donors (Lipinski definition) is 1. The SMILES string of the molecule is CC[C@@H](C)NC(=O)[C@H](Cc1ccccc1)N(Cc1cccc(OC)c1)C(=O)CN(c1cc(Cl)ccc1OC)S(=O)(=O)c1ccc(C)cc1. The summed E-state index contributed by atoms with van der Waals surface area (Å²) < 4.78 is 40.7. The summed E-state index contributed by atoms with van der Waals surface area (Å²) in [5.74, 6) is -0.165. The van der Waals surface area contributed by atoms with Crippen LogP contribution in [0.15, 0.2) is 102 Å². The number of halogens is 1. The maximum Gasteiger partial charge on any atom is 0.264 e. The molecule has 4 aromatic carbocycles. The quantitative estimate of drug-likeness (QED) is 0.154. The second-order valence-electron chi connectivity index (χ2n) is 11.5. The van der Waals surface area contributed by atoms with E-state index in [0.717, 1.165) is 15.4 Å². The summed E-state index contributed by atoms with van der Waals surface area (Å²) in [6.07, 6.45) is 0.884. The van der Waals surface area contributed by atoms with E-state index in [4.69, 9.17) is 21.1 Å². The van der Waals surface area contributed by atoms with Crippen molar-refractivity contribution in [2.24, 2.45) is 0 Å². The molecule has 0 saturated heterocycles. The molecule has 0 aliphatic heterocycles. The Balaban J connectivity index is 1.87. The van der Waals surface area contributed by atoms with Crippen LogP contribution in [-0.2, 0) is 32.6 Å². The highest BCUT2D eigenvalue weighted by Gasteiger charge is 2.36. The molecule has 1 N–H and O–H groups in total. The van der Waals surface area contributed by atoms with E-state index >= 15 is 0 Å². The Morgan fingerprint density at radius 2 is 1.56 bits per heavy atom. The summed E-state index contributed by atoms with van der Waals surface area (Å²) in [6, 6.07) is 26.4. The average molecular weight is 692 g/mol. The molecule has 9 nitrogen and oxygen atoms in total. The molecule has 0 aromatic heterocycles. The molecule has 0 saturated carbocycles. The predicted molar refractivity (Wildman–Crippen MR) is 189 cm³/mol. The van der Waals surface area contributed by atoms with Gasteiger partial charge in [0.1, 0.15) is 24.1 Å². The Morgan fingerprint density at radius 1 is 0.875 bits per heavy atom. The number of anilines is 1. The van der Waals surface area contributed by atoms with Crippen molar-refractivity contribution < 1.29 is 27.5 Å². The number of rotatable bonds is 15. The van der Waals surface area contributed by atoms with E-state index in [1.165, 1.54) is 30.2 Å². The van der Waals surface area contributed by atoms with E-state index < -0.39 is 28.5 Å². The summed E-state index contributed by atoms with van der Waals surface area (Å²) >= 11 is 6.38. The van der Waals surface area contributed by atoms with E-state index in [1.807, 2.05) is 57.2 Å². The number of methoxy groups -OCH3 is 2. The van der Waals surface area contributed by atoms with Crippen molar-refractivity contribution >= 4 is 39.1 Å². The van der Waals surface area contributed by atoms with Crippen molar-refractivity contribution in [3.63, 3.8) is 0 Å². The molecule has 0 aliphatic carbocycles. The van der Waals surface area contributed by atoms with E-state index in [1.54, 1.807) is 49.6 Å². The topological polar surface area (TPSA) is 105 Å². The molecule has 0 radical (unpaired) electrons. The molecule has 0 bridgehead atoms. The van der Waals surface area contributed by atoms with Gasteiger partial charge in [0.25, 0.3) is 10.0 Å². The van der Waals surface area contributed by atoms with Crippen molar-refractivity contribution in [1.29, 1.82) is 0 Å². The number of nitrogens with one attached hydrogen (secondary N) is 1. The molecule has 0 heterocycles. The molecule has 4 aromatic rings. The second-order valence-corrected chi connectivity index (χ2v) is 13.8. The van der Waals surface area contributed by atoms with Gasteiger partial charge < -0.3 is 19.7 Å². The minimum absolute atomic E-state index is 0.00651. The minimum Gasteiger partial charge on any atom is -0.497 e. The zero-order valence-corrected chi connectivity index (χ0v) is 29.4. The van der Waals surface area contributed by atoms with Gasteiger partial charge in [-0.05, 0) is 73.9 Å². The maximum absolute atomic E-state index is 14.7. The van der Waals surface area contributed by atoms with E-state index in [0.29, 0.717) is 17.7 Å². The number of carbonyl (C=O) groups is 2. The van der Waals surface area contributed by atoms with Gasteiger partial charge in [0.15, 0.2) is 0 Å². The van der Waals surface area contributed by atoms with Crippen LogP contribution < -0.4 is 19.1 Å². The highest BCUT2D eigenvalue weighted by atomic mass is 35.5. The normalized spacial score (nSPS) is 12.5. The van der Waals surface area contributed by atoms with Crippen LogP contribution in [0.4, 0.5) is 5.69 Å². The number of nitrogens with zero attached hydrogens (tertiary/aromatic N) is 2. The Bertz CT molecular complexity index is 1800. The van der Waals surface area contributed by atoms with Crippen LogP contribution >= 0.6 is 11.6 Å². The van der Waals surface area contributed by atoms with Gasteiger partial charge in [0.2, 0.25) is 11.8 Å². The van der Waals surface area contributed by atoms with Gasteiger partial charge in [0.05, 0.1) is 24.8 Å². The van der Waals surface area contributed by atoms with E-state index in [2.05, 4.69) is 5.32 Å². The number of benzene rings is 4. The summed E-state index contributed by atoms with van der Waals surface area (Å²) in [6.45, 7) is 5.08. The standard InChI is InChI=1S/C37H42ClN3O6S/c1-6-27(3)39-37(43)34(22-28-11-8-7-9-12-28)40(24-29-13-10-14-31(21-29)46-4)36(42)25-41(33-23-30(38)17-20-35(33)47-5)48(44,45)32-18-15-26(2)16-19-32/h7-21,23,27,34H,6,22,24-25H2,1-5H3,(H,39,43)/t27-,34+/m1/s1. The molecule has 0 spiro atoms.